The van der Waals surface area contributed by atoms with E-state index in [0.29, 0.717) is 18.4 Å². The van der Waals surface area contributed by atoms with Gasteiger partial charge >= 0.3 is 0 Å². The van der Waals surface area contributed by atoms with Crippen LogP contribution in [0.4, 0.5) is 0 Å². The van der Waals surface area contributed by atoms with E-state index in [1.807, 2.05) is 0 Å². The molecule has 0 aromatic heterocycles. The first-order chi connectivity index (χ1) is 8.26. The van der Waals surface area contributed by atoms with E-state index >= 15 is 0 Å². The zero-order valence-corrected chi connectivity index (χ0v) is 10.5. The third-order valence-corrected chi connectivity index (χ3v) is 3.45. The Morgan fingerprint density at radius 2 is 2.00 bits per heavy atom. The van der Waals surface area contributed by atoms with Gasteiger partial charge in [-0.1, -0.05) is 0 Å². The Labute approximate surface area is 104 Å². The van der Waals surface area contributed by atoms with Gasteiger partial charge in [0.15, 0.2) is 0 Å². The van der Waals surface area contributed by atoms with Crippen molar-refractivity contribution in [2.45, 2.75) is 57.4 Å². The fraction of sp³-hybridized carbons (Fsp3) is 0.786. The molecule has 1 aliphatic rings. The van der Waals surface area contributed by atoms with Crippen LogP contribution in [0.2, 0.25) is 0 Å². The molecule has 17 heavy (non-hydrogen) atoms. The second-order valence-corrected chi connectivity index (χ2v) is 4.88. The Balaban J connectivity index is 2.09. The third kappa shape index (κ3) is 5.74. The van der Waals surface area contributed by atoms with E-state index in [-0.39, 0.29) is 12.5 Å². The van der Waals surface area contributed by atoms with Gasteiger partial charge in [-0.15, -0.1) is 12.3 Å². The maximum atomic E-state index is 11.6. The minimum absolute atomic E-state index is 0.148. The molecule has 1 rings (SSSR count). The maximum absolute atomic E-state index is 11.6. The molecule has 0 saturated heterocycles. The molecule has 0 heterocycles. The number of hydrogen-bond donors (Lipinski definition) is 2. The van der Waals surface area contributed by atoms with Crippen molar-refractivity contribution in [3.63, 3.8) is 0 Å². The van der Waals surface area contributed by atoms with Crippen molar-refractivity contribution in [1.29, 1.82) is 0 Å². The van der Waals surface area contributed by atoms with Crippen LogP contribution in [0.1, 0.15) is 51.4 Å². The van der Waals surface area contributed by atoms with E-state index in [2.05, 4.69) is 11.2 Å². The number of rotatable bonds is 6. The summed E-state index contributed by atoms with van der Waals surface area (Å²) in [5.74, 6) is 3.17. The number of aliphatic hydroxyl groups excluding tert-OH is 1. The summed E-state index contributed by atoms with van der Waals surface area (Å²) in [6.45, 7) is 0.284. The molecular formula is C14H23NO2. The number of unbranched alkanes of at least 4 members (excludes halogenated alkanes) is 2. The highest BCUT2D eigenvalue weighted by Gasteiger charge is 2.21. The molecule has 0 bridgehead atoms. The van der Waals surface area contributed by atoms with E-state index in [4.69, 9.17) is 11.5 Å². The third-order valence-electron chi connectivity index (χ3n) is 3.45. The van der Waals surface area contributed by atoms with Crippen LogP contribution in [-0.4, -0.2) is 23.7 Å². The first-order valence-electron chi connectivity index (χ1n) is 6.60. The maximum Gasteiger partial charge on any atom is 0.220 e. The lowest BCUT2D eigenvalue weighted by Crippen LogP contribution is -2.37. The van der Waals surface area contributed by atoms with Gasteiger partial charge in [0.05, 0.1) is 0 Å². The monoisotopic (exact) mass is 237 g/mol. The fourth-order valence-electron chi connectivity index (χ4n) is 2.30. The Bertz CT molecular complexity index is 262. The molecule has 1 aliphatic carbocycles. The van der Waals surface area contributed by atoms with Crippen molar-refractivity contribution in [2.24, 2.45) is 5.92 Å². The van der Waals surface area contributed by atoms with Crippen LogP contribution in [0, 0.1) is 18.3 Å². The van der Waals surface area contributed by atoms with Gasteiger partial charge < -0.3 is 10.4 Å². The Hall–Kier alpha value is -1.01. The van der Waals surface area contributed by atoms with Gasteiger partial charge in [-0.3, -0.25) is 4.79 Å². The Morgan fingerprint density at radius 3 is 2.59 bits per heavy atom. The summed E-state index contributed by atoms with van der Waals surface area (Å²) < 4.78 is 0. The molecule has 2 N–H and O–H groups in total. The molecule has 1 fully saturated rings. The highest BCUT2D eigenvalue weighted by atomic mass is 16.3. The quantitative estimate of drug-likeness (QED) is 0.547. The van der Waals surface area contributed by atoms with E-state index in [0.717, 1.165) is 44.9 Å². The van der Waals surface area contributed by atoms with Crippen molar-refractivity contribution >= 4 is 5.91 Å². The Morgan fingerprint density at radius 1 is 1.29 bits per heavy atom. The number of nitrogens with one attached hydrogen (secondary N) is 1. The van der Waals surface area contributed by atoms with Crippen molar-refractivity contribution < 1.29 is 9.90 Å². The molecular weight excluding hydrogens is 214 g/mol. The number of carbonyl (C=O) groups excluding carboxylic acids is 1. The SMILES string of the molecule is C#CCCCCC(=O)NC1CCC(CO)CC1. The van der Waals surface area contributed by atoms with Gasteiger partial charge in [0.25, 0.3) is 0 Å². The van der Waals surface area contributed by atoms with Crippen LogP contribution < -0.4 is 5.32 Å². The summed E-state index contributed by atoms with van der Waals surface area (Å²) in [6.07, 6.45) is 12.4. The summed E-state index contributed by atoms with van der Waals surface area (Å²) in [5, 5.41) is 12.1. The molecule has 0 unspecified atom stereocenters. The molecule has 96 valence electrons. The van der Waals surface area contributed by atoms with Crippen molar-refractivity contribution in [3.8, 4) is 12.3 Å². The largest absolute Gasteiger partial charge is 0.396 e. The summed E-state index contributed by atoms with van der Waals surface area (Å²) in [7, 11) is 0. The first-order valence-corrected chi connectivity index (χ1v) is 6.60. The predicted molar refractivity (Wildman–Crippen MR) is 68.3 cm³/mol. The first kappa shape index (κ1) is 14.1. The molecule has 3 heteroatoms. The number of hydrogen-bond acceptors (Lipinski definition) is 2. The smallest absolute Gasteiger partial charge is 0.220 e. The summed E-state index contributed by atoms with van der Waals surface area (Å²) in [4.78, 5) is 11.6. The topological polar surface area (TPSA) is 49.3 Å². The van der Waals surface area contributed by atoms with Crippen molar-refractivity contribution in [3.05, 3.63) is 0 Å². The molecule has 0 spiro atoms. The molecule has 0 radical (unpaired) electrons. The summed E-state index contributed by atoms with van der Waals surface area (Å²) in [6, 6.07) is 0.318. The number of amides is 1. The average molecular weight is 237 g/mol. The lowest BCUT2D eigenvalue weighted by Gasteiger charge is -2.27. The van der Waals surface area contributed by atoms with Gasteiger partial charge in [0.2, 0.25) is 5.91 Å². The normalized spacial score (nSPS) is 24.0. The predicted octanol–water partition coefficient (Wildman–Crippen LogP) is 1.85. The number of carbonyl (C=O) groups is 1. The fourth-order valence-corrected chi connectivity index (χ4v) is 2.30. The highest BCUT2D eigenvalue weighted by Crippen LogP contribution is 2.23. The van der Waals surface area contributed by atoms with Gasteiger partial charge in [-0.05, 0) is 44.4 Å². The minimum Gasteiger partial charge on any atom is -0.396 e. The average Bonchev–Trinajstić information content (AvgIpc) is 2.36. The molecule has 1 amide bonds. The zero-order valence-electron chi connectivity index (χ0n) is 10.5. The second-order valence-electron chi connectivity index (χ2n) is 4.88. The standard InChI is InChI=1S/C14H23NO2/c1-2-3-4-5-6-14(17)15-13-9-7-12(11-16)8-10-13/h1,12-13,16H,3-11H2,(H,15,17). The van der Waals surface area contributed by atoms with Gasteiger partial charge in [-0.25, -0.2) is 0 Å². The van der Waals surface area contributed by atoms with Gasteiger partial charge in [0, 0.05) is 25.5 Å². The van der Waals surface area contributed by atoms with Crippen molar-refractivity contribution in [2.75, 3.05) is 6.61 Å². The molecule has 0 aromatic carbocycles. The molecule has 3 nitrogen and oxygen atoms in total. The molecule has 1 saturated carbocycles. The summed E-state index contributed by atoms with van der Waals surface area (Å²) >= 11 is 0. The number of aliphatic hydroxyl groups is 1. The highest BCUT2D eigenvalue weighted by molar-refractivity contribution is 5.76. The zero-order chi connectivity index (χ0) is 12.5. The molecule has 0 aliphatic heterocycles. The van der Waals surface area contributed by atoms with Crippen LogP contribution in [0.3, 0.4) is 0 Å². The molecule has 0 aromatic rings. The minimum atomic E-state index is 0.148. The number of terminal acetylenes is 1. The summed E-state index contributed by atoms with van der Waals surface area (Å²) in [5.41, 5.74) is 0. The van der Waals surface area contributed by atoms with E-state index in [9.17, 15) is 4.79 Å². The van der Waals surface area contributed by atoms with Gasteiger partial charge in [-0.2, -0.15) is 0 Å². The van der Waals surface area contributed by atoms with Crippen LogP contribution >= 0.6 is 0 Å². The Kier molecular flexibility index (Phi) is 6.73. The molecule has 0 atom stereocenters. The second kappa shape index (κ2) is 8.14. The van der Waals surface area contributed by atoms with E-state index in [1.165, 1.54) is 0 Å². The van der Waals surface area contributed by atoms with Crippen LogP contribution in [0.25, 0.3) is 0 Å². The van der Waals surface area contributed by atoms with Crippen molar-refractivity contribution in [1.82, 2.24) is 5.32 Å². The van der Waals surface area contributed by atoms with Crippen LogP contribution in [0.15, 0.2) is 0 Å². The lowest BCUT2D eigenvalue weighted by molar-refractivity contribution is -0.122. The van der Waals surface area contributed by atoms with Crippen LogP contribution in [0.5, 0.6) is 0 Å². The van der Waals surface area contributed by atoms with Gasteiger partial charge in [0.1, 0.15) is 0 Å². The van der Waals surface area contributed by atoms with E-state index < -0.39 is 0 Å². The lowest BCUT2D eigenvalue weighted by atomic mass is 9.86. The van der Waals surface area contributed by atoms with Crippen LogP contribution in [-0.2, 0) is 4.79 Å². The van der Waals surface area contributed by atoms with E-state index in [1.54, 1.807) is 0 Å².